The average Bonchev–Trinajstić information content (AvgIpc) is 2.81. The van der Waals surface area contributed by atoms with E-state index in [1.54, 1.807) is 29.4 Å². The van der Waals surface area contributed by atoms with Crippen molar-refractivity contribution in [3.63, 3.8) is 0 Å². The first-order valence-electron chi connectivity index (χ1n) is 5.09. The number of H-pyrrole nitrogens is 1. The highest BCUT2D eigenvalue weighted by Crippen LogP contribution is 1.96. The molecule has 2 rings (SSSR count). The lowest BCUT2D eigenvalue weighted by molar-refractivity contribution is 0.718. The van der Waals surface area contributed by atoms with Gasteiger partial charge in [0.25, 0.3) is 5.56 Å². The van der Waals surface area contributed by atoms with Gasteiger partial charge in [0.2, 0.25) is 0 Å². The van der Waals surface area contributed by atoms with Gasteiger partial charge < -0.3 is 14.9 Å². The largest absolute Gasteiger partial charge is 0.358 e. The number of imidazole rings is 1. The smallest absolute Gasteiger partial charge is 0.293 e. The van der Waals surface area contributed by atoms with Crippen molar-refractivity contribution in [2.24, 2.45) is 0 Å². The van der Waals surface area contributed by atoms with Gasteiger partial charge in [0.15, 0.2) is 5.82 Å². The minimum atomic E-state index is -0.114. The summed E-state index contributed by atoms with van der Waals surface area (Å²) in [6.07, 6.45) is 6.68. The molecule has 6 heteroatoms. The number of hydrogen-bond donors (Lipinski definition) is 2. The van der Waals surface area contributed by atoms with E-state index in [4.69, 9.17) is 0 Å². The van der Waals surface area contributed by atoms with Gasteiger partial charge in [-0.25, -0.2) is 9.97 Å². The summed E-state index contributed by atoms with van der Waals surface area (Å²) in [5.74, 6) is 1.12. The van der Waals surface area contributed by atoms with E-state index in [9.17, 15) is 4.79 Å². The minimum Gasteiger partial charge on any atom is -0.358 e. The summed E-state index contributed by atoms with van der Waals surface area (Å²) in [7, 11) is 0. The fraction of sp³-hybridized carbons (Fsp3) is 0.300. The Morgan fingerprint density at radius 2 is 2.31 bits per heavy atom. The van der Waals surface area contributed by atoms with E-state index in [1.165, 1.54) is 0 Å². The fourth-order valence-corrected chi connectivity index (χ4v) is 1.38. The molecule has 0 aromatic carbocycles. The first-order valence-corrected chi connectivity index (χ1v) is 5.09. The molecular formula is C10H13N5O. The molecule has 84 valence electrons. The SMILES string of the molecule is CCn1ccnc(NCc2ncc[nH]2)c1=O. The Morgan fingerprint density at radius 1 is 1.44 bits per heavy atom. The van der Waals surface area contributed by atoms with E-state index in [0.717, 1.165) is 5.82 Å². The van der Waals surface area contributed by atoms with Crippen LogP contribution in [0.3, 0.4) is 0 Å². The highest BCUT2D eigenvalue weighted by molar-refractivity contribution is 5.30. The van der Waals surface area contributed by atoms with Crippen LogP contribution in [0.5, 0.6) is 0 Å². The Kier molecular flexibility index (Phi) is 3.00. The first kappa shape index (κ1) is 10.4. The lowest BCUT2D eigenvalue weighted by atomic mass is 10.5. The summed E-state index contributed by atoms with van der Waals surface area (Å²) in [5.41, 5.74) is -0.114. The van der Waals surface area contributed by atoms with Crippen LogP contribution >= 0.6 is 0 Å². The van der Waals surface area contributed by atoms with Crippen molar-refractivity contribution < 1.29 is 0 Å². The predicted molar refractivity (Wildman–Crippen MR) is 60.1 cm³/mol. The number of nitrogens with one attached hydrogen (secondary N) is 2. The third kappa shape index (κ3) is 2.10. The van der Waals surface area contributed by atoms with E-state index in [0.29, 0.717) is 18.9 Å². The van der Waals surface area contributed by atoms with Crippen LogP contribution in [-0.4, -0.2) is 19.5 Å². The zero-order valence-corrected chi connectivity index (χ0v) is 8.97. The molecule has 0 unspecified atom stereocenters. The number of nitrogens with zero attached hydrogens (tertiary/aromatic N) is 3. The summed E-state index contributed by atoms with van der Waals surface area (Å²) in [4.78, 5) is 22.8. The quantitative estimate of drug-likeness (QED) is 0.789. The third-order valence-corrected chi connectivity index (χ3v) is 2.23. The second kappa shape index (κ2) is 4.61. The number of hydrogen-bond acceptors (Lipinski definition) is 4. The van der Waals surface area contributed by atoms with Crippen molar-refractivity contribution in [1.29, 1.82) is 0 Å². The second-order valence-corrected chi connectivity index (χ2v) is 3.26. The van der Waals surface area contributed by atoms with Gasteiger partial charge in [-0.15, -0.1) is 0 Å². The molecule has 0 atom stereocenters. The first-order chi connectivity index (χ1) is 7.81. The maximum atomic E-state index is 11.8. The molecule has 0 saturated heterocycles. The number of aromatic amines is 1. The van der Waals surface area contributed by atoms with E-state index in [1.807, 2.05) is 6.92 Å². The van der Waals surface area contributed by atoms with Crippen LogP contribution in [0.2, 0.25) is 0 Å². The molecule has 2 N–H and O–H groups in total. The molecule has 0 amide bonds. The van der Waals surface area contributed by atoms with E-state index < -0.39 is 0 Å². The van der Waals surface area contributed by atoms with Crippen molar-refractivity contribution in [3.8, 4) is 0 Å². The van der Waals surface area contributed by atoms with Crippen molar-refractivity contribution in [2.75, 3.05) is 5.32 Å². The molecule has 2 aromatic rings. The van der Waals surface area contributed by atoms with Gasteiger partial charge in [0.05, 0.1) is 6.54 Å². The molecule has 0 aliphatic carbocycles. The van der Waals surface area contributed by atoms with E-state index in [-0.39, 0.29) is 5.56 Å². The molecular weight excluding hydrogens is 206 g/mol. The summed E-state index contributed by atoms with van der Waals surface area (Å²) >= 11 is 0. The summed E-state index contributed by atoms with van der Waals surface area (Å²) in [6, 6.07) is 0. The maximum Gasteiger partial charge on any atom is 0.293 e. The second-order valence-electron chi connectivity index (χ2n) is 3.26. The molecule has 0 fully saturated rings. The van der Waals surface area contributed by atoms with Crippen LogP contribution < -0.4 is 10.9 Å². The Balaban J connectivity index is 2.13. The van der Waals surface area contributed by atoms with Crippen molar-refractivity contribution in [1.82, 2.24) is 19.5 Å². The highest BCUT2D eigenvalue weighted by atomic mass is 16.1. The van der Waals surface area contributed by atoms with E-state index >= 15 is 0 Å². The highest BCUT2D eigenvalue weighted by Gasteiger charge is 2.03. The Hall–Kier alpha value is -2.11. The fourth-order valence-electron chi connectivity index (χ4n) is 1.38. The van der Waals surface area contributed by atoms with Crippen molar-refractivity contribution >= 4 is 5.82 Å². The van der Waals surface area contributed by atoms with Crippen LogP contribution in [0.4, 0.5) is 5.82 Å². The Morgan fingerprint density at radius 3 is 3.00 bits per heavy atom. The van der Waals surface area contributed by atoms with Gasteiger partial charge in [-0.2, -0.15) is 0 Å². The predicted octanol–water partition coefficient (Wildman–Crippen LogP) is 0.598. The number of rotatable bonds is 4. The van der Waals surface area contributed by atoms with Gasteiger partial charge in [0.1, 0.15) is 5.82 Å². The minimum absolute atomic E-state index is 0.114. The van der Waals surface area contributed by atoms with Gasteiger partial charge >= 0.3 is 0 Å². The summed E-state index contributed by atoms with van der Waals surface area (Å²) in [6.45, 7) is 3.01. The molecule has 0 saturated carbocycles. The van der Waals surface area contributed by atoms with Crippen molar-refractivity contribution in [2.45, 2.75) is 20.0 Å². The van der Waals surface area contributed by atoms with Crippen LogP contribution in [0, 0.1) is 0 Å². The van der Waals surface area contributed by atoms with Gasteiger partial charge in [-0.1, -0.05) is 0 Å². The standard InChI is InChI=1S/C10H13N5O/c1-2-15-6-5-13-9(10(15)16)14-7-8-11-3-4-12-8/h3-6H,2,7H2,1H3,(H,11,12)(H,13,14). The molecule has 2 heterocycles. The van der Waals surface area contributed by atoms with Crippen LogP contribution in [0.15, 0.2) is 29.6 Å². The monoisotopic (exact) mass is 219 g/mol. The van der Waals surface area contributed by atoms with E-state index in [2.05, 4.69) is 20.3 Å². The molecule has 6 nitrogen and oxygen atoms in total. The Bertz CT molecular complexity index is 502. The molecule has 0 radical (unpaired) electrons. The van der Waals surface area contributed by atoms with Crippen molar-refractivity contribution in [3.05, 3.63) is 41.0 Å². The van der Waals surface area contributed by atoms with Crippen LogP contribution in [0.25, 0.3) is 0 Å². The van der Waals surface area contributed by atoms with Gasteiger partial charge in [0, 0.05) is 31.3 Å². The number of aromatic nitrogens is 4. The molecule has 0 bridgehead atoms. The maximum absolute atomic E-state index is 11.8. The topological polar surface area (TPSA) is 75.6 Å². The van der Waals surface area contributed by atoms with Gasteiger partial charge in [-0.3, -0.25) is 4.79 Å². The third-order valence-electron chi connectivity index (χ3n) is 2.23. The summed E-state index contributed by atoms with van der Waals surface area (Å²) < 4.78 is 1.59. The van der Waals surface area contributed by atoms with Gasteiger partial charge in [-0.05, 0) is 6.92 Å². The Labute approximate surface area is 92.4 Å². The average molecular weight is 219 g/mol. The molecule has 0 spiro atoms. The molecule has 16 heavy (non-hydrogen) atoms. The lowest BCUT2D eigenvalue weighted by Crippen LogP contribution is -2.23. The molecule has 0 aliphatic rings. The zero-order chi connectivity index (χ0) is 11.4. The zero-order valence-electron chi connectivity index (χ0n) is 8.97. The normalized spacial score (nSPS) is 10.3. The molecule has 2 aromatic heterocycles. The number of anilines is 1. The lowest BCUT2D eigenvalue weighted by Gasteiger charge is -2.05. The van der Waals surface area contributed by atoms with Crippen LogP contribution in [-0.2, 0) is 13.1 Å². The number of aryl methyl sites for hydroxylation is 1. The van der Waals surface area contributed by atoms with Crippen LogP contribution in [0.1, 0.15) is 12.7 Å². The molecule has 0 aliphatic heterocycles. The summed E-state index contributed by atoms with van der Waals surface area (Å²) in [5, 5.41) is 2.95.